The molecule has 1 unspecified atom stereocenters. The van der Waals surface area contributed by atoms with Gasteiger partial charge in [-0.15, -0.1) is 17.9 Å². The third kappa shape index (κ3) is 3.79. The minimum Gasteiger partial charge on any atom is -0.323 e. The van der Waals surface area contributed by atoms with Gasteiger partial charge >= 0.3 is 6.03 Å². The number of imide groups is 1. The van der Waals surface area contributed by atoms with Crippen LogP contribution in [0, 0.1) is 10.7 Å². The molecule has 158 valence electrons. The average Bonchev–Trinajstić information content (AvgIpc) is 3.35. The molecule has 2 fully saturated rings. The molecule has 0 bridgehead atoms. The van der Waals surface area contributed by atoms with Crippen molar-refractivity contribution < 1.29 is 14.4 Å². The molecule has 1 saturated carbocycles. The molecule has 12 heteroatoms. The molecule has 10 nitrogen and oxygen atoms in total. The molecule has 1 saturated heterocycles. The van der Waals surface area contributed by atoms with Crippen LogP contribution in [-0.4, -0.2) is 54.6 Å². The van der Waals surface area contributed by atoms with Gasteiger partial charge in [-0.05, 0) is 37.9 Å². The van der Waals surface area contributed by atoms with Crippen molar-refractivity contribution in [3.63, 3.8) is 0 Å². The molecule has 1 atom stereocenters. The summed E-state index contributed by atoms with van der Waals surface area (Å²) in [5.41, 5.74) is -0.189. The standard InChI is InChI=1S/C18H21N7O3S2/c1-3-6-24-12(22-23-17(24)29)7-11-9-30-15(19-11)20-13(26)8-25-14(27)18(2,10-4-5-10)21-16(25)28/h3,9-10H,1,4-8H2,2H3,(H,21,28)(H,23,29)(H,19,20,26). The molecule has 3 N–H and O–H groups in total. The van der Waals surface area contributed by atoms with Crippen LogP contribution in [0.5, 0.6) is 0 Å². The van der Waals surface area contributed by atoms with Crippen LogP contribution in [0.15, 0.2) is 18.0 Å². The van der Waals surface area contributed by atoms with E-state index in [1.807, 2.05) is 9.95 Å². The molecule has 0 aromatic carbocycles. The van der Waals surface area contributed by atoms with Gasteiger partial charge in [0.05, 0.1) is 12.1 Å². The Balaban J connectivity index is 1.38. The Morgan fingerprint density at radius 2 is 2.27 bits per heavy atom. The average molecular weight is 448 g/mol. The molecular formula is C18H21N7O3S2. The molecule has 4 rings (SSSR count). The molecule has 30 heavy (non-hydrogen) atoms. The molecule has 2 aliphatic rings. The number of hydrogen-bond acceptors (Lipinski definition) is 7. The largest absolute Gasteiger partial charge is 0.325 e. The molecule has 2 aromatic heterocycles. The number of amides is 4. The first-order chi connectivity index (χ1) is 14.3. The van der Waals surface area contributed by atoms with E-state index in [9.17, 15) is 14.4 Å². The van der Waals surface area contributed by atoms with Crippen molar-refractivity contribution in [2.24, 2.45) is 5.92 Å². The highest BCUT2D eigenvalue weighted by atomic mass is 32.1. The Morgan fingerprint density at radius 3 is 2.97 bits per heavy atom. The number of aromatic amines is 1. The lowest BCUT2D eigenvalue weighted by atomic mass is 9.96. The monoisotopic (exact) mass is 447 g/mol. The van der Waals surface area contributed by atoms with Gasteiger partial charge in [-0.1, -0.05) is 6.08 Å². The molecule has 0 radical (unpaired) electrons. The van der Waals surface area contributed by atoms with Crippen molar-refractivity contribution in [3.05, 3.63) is 34.3 Å². The minimum absolute atomic E-state index is 0.144. The van der Waals surface area contributed by atoms with Gasteiger partial charge in [0.1, 0.15) is 17.9 Å². The van der Waals surface area contributed by atoms with E-state index in [-0.39, 0.29) is 18.4 Å². The first kappa shape index (κ1) is 20.4. The van der Waals surface area contributed by atoms with Crippen molar-refractivity contribution >= 4 is 46.5 Å². The van der Waals surface area contributed by atoms with Crippen LogP contribution in [0.2, 0.25) is 0 Å². The zero-order chi connectivity index (χ0) is 21.5. The number of thiazole rings is 1. The summed E-state index contributed by atoms with van der Waals surface area (Å²) in [6.45, 7) is 5.61. The number of allylic oxidation sites excluding steroid dienone is 1. The number of urea groups is 1. The summed E-state index contributed by atoms with van der Waals surface area (Å²) < 4.78 is 2.31. The maximum Gasteiger partial charge on any atom is 0.325 e. The number of nitrogens with one attached hydrogen (secondary N) is 3. The smallest absolute Gasteiger partial charge is 0.323 e. The van der Waals surface area contributed by atoms with Crippen molar-refractivity contribution in [2.45, 2.75) is 38.3 Å². The van der Waals surface area contributed by atoms with Crippen LogP contribution in [0.4, 0.5) is 9.93 Å². The number of hydrogen-bond donors (Lipinski definition) is 3. The number of aromatic nitrogens is 4. The van der Waals surface area contributed by atoms with E-state index < -0.39 is 17.5 Å². The fourth-order valence-corrected chi connectivity index (χ4v) is 4.46. The van der Waals surface area contributed by atoms with Gasteiger partial charge in [0.2, 0.25) is 5.91 Å². The Kier molecular flexibility index (Phi) is 5.28. The zero-order valence-corrected chi connectivity index (χ0v) is 17.9. The lowest BCUT2D eigenvalue weighted by Crippen LogP contribution is -2.46. The first-order valence-corrected chi connectivity index (χ1v) is 10.7. The van der Waals surface area contributed by atoms with E-state index in [0.717, 1.165) is 17.7 Å². The summed E-state index contributed by atoms with van der Waals surface area (Å²) in [4.78, 5) is 42.6. The third-order valence-electron chi connectivity index (χ3n) is 5.28. The van der Waals surface area contributed by atoms with Crippen LogP contribution >= 0.6 is 23.6 Å². The van der Waals surface area contributed by atoms with Crippen LogP contribution < -0.4 is 10.6 Å². The van der Waals surface area contributed by atoms with Crippen molar-refractivity contribution in [2.75, 3.05) is 11.9 Å². The summed E-state index contributed by atoms with van der Waals surface area (Å²) in [5.74, 6) is 0.0237. The predicted molar refractivity (Wildman–Crippen MR) is 113 cm³/mol. The lowest BCUT2D eigenvalue weighted by Gasteiger charge is -2.20. The number of carbonyl (C=O) groups is 3. The number of nitrogens with zero attached hydrogens (tertiary/aromatic N) is 4. The van der Waals surface area contributed by atoms with Crippen molar-refractivity contribution in [1.29, 1.82) is 0 Å². The zero-order valence-electron chi connectivity index (χ0n) is 16.3. The molecular weight excluding hydrogens is 426 g/mol. The van der Waals surface area contributed by atoms with Crippen LogP contribution in [0.1, 0.15) is 31.3 Å². The predicted octanol–water partition coefficient (Wildman–Crippen LogP) is 1.83. The molecule has 4 amide bonds. The Bertz CT molecular complexity index is 1080. The van der Waals surface area contributed by atoms with E-state index in [1.165, 1.54) is 11.3 Å². The number of anilines is 1. The fraction of sp³-hybridized carbons (Fsp3) is 0.444. The molecule has 1 aliphatic carbocycles. The second-order valence-corrected chi connectivity index (χ2v) is 8.76. The van der Waals surface area contributed by atoms with Crippen molar-refractivity contribution in [3.8, 4) is 0 Å². The first-order valence-electron chi connectivity index (χ1n) is 9.45. The van der Waals surface area contributed by atoms with Crippen LogP contribution in [0.25, 0.3) is 0 Å². The second-order valence-electron chi connectivity index (χ2n) is 7.51. The second kappa shape index (κ2) is 7.76. The highest BCUT2D eigenvalue weighted by molar-refractivity contribution is 7.71. The third-order valence-corrected chi connectivity index (χ3v) is 6.40. The van der Waals surface area contributed by atoms with Crippen molar-refractivity contribution in [1.82, 2.24) is 30.0 Å². The SMILES string of the molecule is C=CCn1c(Cc2csc(NC(=O)CN3C(=O)NC(C)(C4CC4)C3=O)n2)n[nH]c1=S. The molecule has 1 aliphatic heterocycles. The van der Waals surface area contributed by atoms with Gasteiger partial charge in [-0.2, -0.15) is 5.10 Å². The Labute approximate surface area is 181 Å². The van der Waals surface area contributed by atoms with Crippen LogP contribution in [-0.2, 0) is 22.6 Å². The molecule has 3 heterocycles. The molecule has 2 aromatic rings. The molecule has 0 spiro atoms. The van der Waals surface area contributed by atoms with E-state index in [0.29, 0.717) is 34.4 Å². The number of H-pyrrole nitrogens is 1. The number of rotatable bonds is 8. The maximum absolute atomic E-state index is 12.6. The number of carbonyl (C=O) groups excluding carboxylic acids is 3. The van der Waals surface area contributed by atoms with Gasteiger partial charge < -0.3 is 10.6 Å². The van der Waals surface area contributed by atoms with E-state index in [2.05, 4.69) is 32.4 Å². The summed E-state index contributed by atoms with van der Waals surface area (Å²) in [6.07, 6.45) is 3.96. The summed E-state index contributed by atoms with van der Waals surface area (Å²) in [7, 11) is 0. The maximum atomic E-state index is 12.6. The van der Waals surface area contributed by atoms with Gasteiger partial charge in [-0.3, -0.25) is 24.2 Å². The highest BCUT2D eigenvalue weighted by Gasteiger charge is 2.56. The van der Waals surface area contributed by atoms with Gasteiger partial charge in [0, 0.05) is 11.9 Å². The van der Waals surface area contributed by atoms with Gasteiger partial charge in [0.15, 0.2) is 9.90 Å². The quantitative estimate of drug-likeness (QED) is 0.322. The highest BCUT2D eigenvalue weighted by Crippen LogP contribution is 2.42. The summed E-state index contributed by atoms with van der Waals surface area (Å²) in [6, 6.07) is -0.533. The van der Waals surface area contributed by atoms with Crippen LogP contribution in [0.3, 0.4) is 0 Å². The van der Waals surface area contributed by atoms with E-state index in [1.54, 1.807) is 13.0 Å². The van der Waals surface area contributed by atoms with E-state index >= 15 is 0 Å². The lowest BCUT2D eigenvalue weighted by molar-refractivity contribution is -0.134. The van der Waals surface area contributed by atoms with Gasteiger partial charge in [-0.25, -0.2) is 9.78 Å². The minimum atomic E-state index is -0.903. The summed E-state index contributed by atoms with van der Waals surface area (Å²) in [5, 5.41) is 14.5. The fourth-order valence-electron chi connectivity index (χ4n) is 3.51. The normalized spacial score (nSPS) is 21.0. The topological polar surface area (TPSA) is 125 Å². The Morgan fingerprint density at radius 1 is 1.50 bits per heavy atom. The summed E-state index contributed by atoms with van der Waals surface area (Å²) >= 11 is 6.45. The van der Waals surface area contributed by atoms with Gasteiger partial charge in [0.25, 0.3) is 5.91 Å². The van der Waals surface area contributed by atoms with E-state index in [4.69, 9.17) is 12.2 Å². The Hall–Kier alpha value is -2.86.